The number of Topliss-reactive ketones (excluding diaryl/α,β-unsaturated/α-hetero) is 2. The van der Waals surface area contributed by atoms with Crippen LogP contribution >= 0.6 is 0 Å². The summed E-state index contributed by atoms with van der Waals surface area (Å²) in [6.45, 7) is 12.8. The summed E-state index contributed by atoms with van der Waals surface area (Å²) >= 11 is 0. The van der Waals surface area contributed by atoms with Gasteiger partial charge in [0.2, 0.25) is 0 Å². The lowest BCUT2D eigenvalue weighted by Gasteiger charge is -2.31. The Morgan fingerprint density at radius 1 is 0.708 bits per heavy atom. The second kappa shape index (κ2) is 7.80. The number of rotatable bonds is 3. The first kappa shape index (κ1) is 19.1. The van der Waals surface area contributed by atoms with E-state index >= 15 is 0 Å². The van der Waals surface area contributed by atoms with E-state index in [1.807, 2.05) is 12.2 Å². The third-order valence-corrected chi connectivity index (χ3v) is 6.18. The zero-order valence-corrected chi connectivity index (χ0v) is 16.3. The van der Waals surface area contributed by atoms with E-state index in [1.54, 1.807) is 0 Å². The fraction of sp³-hybridized carbons (Fsp3) is 0.727. The van der Waals surface area contributed by atoms with Crippen molar-refractivity contribution in [2.24, 2.45) is 35.5 Å². The van der Waals surface area contributed by atoms with Crippen LogP contribution in [-0.2, 0) is 9.59 Å². The van der Waals surface area contributed by atoms with Gasteiger partial charge in [0.15, 0.2) is 11.6 Å². The smallest absolute Gasteiger partial charge is 0.162 e. The van der Waals surface area contributed by atoms with Crippen LogP contribution in [0.1, 0.15) is 67.2 Å². The van der Waals surface area contributed by atoms with E-state index in [9.17, 15) is 9.59 Å². The van der Waals surface area contributed by atoms with E-state index in [0.717, 1.165) is 36.8 Å². The Kier molecular flexibility index (Phi) is 6.22. The summed E-state index contributed by atoms with van der Waals surface area (Å²) in [5.41, 5.74) is 1.86. The van der Waals surface area contributed by atoms with E-state index < -0.39 is 0 Å². The molecular weight excluding hydrogens is 296 g/mol. The van der Waals surface area contributed by atoms with Crippen LogP contribution in [0.5, 0.6) is 0 Å². The maximum absolute atomic E-state index is 12.8. The van der Waals surface area contributed by atoms with Gasteiger partial charge in [-0.25, -0.2) is 0 Å². The number of hydrogen-bond donors (Lipinski definition) is 0. The molecule has 4 atom stereocenters. The molecule has 24 heavy (non-hydrogen) atoms. The molecule has 2 rings (SSSR count). The Morgan fingerprint density at radius 2 is 1.04 bits per heavy atom. The zero-order chi connectivity index (χ0) is 18.0. The molecule has 0 radical (unpaired) electrons. The molecule has 0 spiro atoms. The second-order valence-corrected chi connectivity index (χ2v) is 8.63. The lowest BCUT2D eigenvalue weighted by molar-refractivity contribution is -0.123. The highest BCUT2D eigenvalue weighted by Crippen LogP contribution is 2.36. The molecule has 0 saturated heterocycles. The zero-order valence-electron chi connectivity index (χ0n) is 16.3. The molecule has 0 N–H and O–H groups in total. The monoisotopic (exact) mass is 330 g/mol. The van der Waals surface area contributed by atoms with Gasteiger partial charge in [0, 0.05) is 11.8 Å². The van der Waals surface area contributed by atoms with Gasteiger partial charge < -0.3 is 0 Å². The number of carbonyl (C=O) groups excluding carboxylic acids is 2. The summed E-state index contributed by atoms with van der Waals surface area (Å²) in [5.74, 6) is 2.29. The number of allylic oxidation sites excluding steroid dienone is 4. The number of ketones is 2. The summed E-state index contributed by atoms with van der Waals surface area (Å²) in [6, 6.07) is 0. The molecule has 2 nitrogen and oxygen atoms in total. The Labute approximate surface area is 147 Å². The van der Waals surface area contributed by atoms with Crippen molar-refractivity contribution in [2.45, 2.75) is 67.2 Å². The standard InChI is InChI=1S/C22H34O2/c1-13(2)17-9-7-15(5)19(21(17)23)11-12-20-16(6)8-10-18(14(3)4)22(20)24/h11-18H,7-10H2,1-6H3/b19-11+,20-12?/t15-,16-,17-,18-/m1/s1. The van der Waals surface area contributed by atoms with Crippen molar-refractivity contribution in [3.8, 4) is 0 Å². The van der Waals surface area contributed by atoms with Gasteiger partial charge in [0.05, 0.1) is 0 Å². The fourth-order valence-corrected chi connectivity index (χ4v) is 4.29. The Bertz CT molecular complexity index is 500. The highest BCUT2D eigenvalue weighted by atomic mass is 16.1. The maximum atomic E-state index is 12.8. The molecular formula is C22H34O2. The fourth-order valence-electron chi connectivity index (χ4n) is 4.29. The van der Waals surface area contributed by atoms with Gasteiger partial charge in [-0.15, -0.1) is 0 Å². The molecule has 0 unspecified atom stereocenters. The third-order valence-electron chi connectivity index (χ3n) is 6.18. The molecule has 0 aliphatic heterocycles. The lowest BCUT2D eigenvalue weighted by atomic mass is 9.72. The summed E-state index contributed by atoms with van der Waals surface area (Å²) in [6.07, 6.45) is 8.10. The highest BCUT2D eigenvalue weighted by Gasteiger charge is 2.34. The largest absolute Gasteiger partial charge is 0.294 e. The van der Waals surface area contributed by atoms with Crippen LogP contribution < -0.4 is 0 Å². The molecule has 2 heteroatoms. The molecule has 0 aromatic rings. The van der Waals surface area contributed by atoms with Gasteiger partial charge in [-0.1, -0.05) is 53.7 Å². The molecule has 2 saturated carbocycles. The SMILES string of the molecule is CC(C)[C@H]1CC[C@@H](C)C(=C/C=C2/C(=O)[C@@H](C(C)C)CC[C@H]2C)C1=O. The van der Waals surface area contributed by atoms with Crippen molar-refractivity contribution in [1.82, 2.24) is 0 Å². The predicted octanol–water partition coefficient (Wildman–Crippen LogP) is 5.38. The molecule has 134 valence electrons. The molecule has 0 bridgehead atoms. The highest BCUT2D eigenvalue weighted by molar-refractivity contribution is 6.01. The Morgan fingerprint density at radius 3 is 1.33 bits per heavy atom. The van der Waals surface area contributed by atoms with Crippen molar-refractivity contribution in [3.05, 3.63) is 23.3 Å². The number of carbonyl (C=O) groups is 2. The van der Waals surface area contributed by atoms with Gasteiger partial charge in [-0.05, 0) is 60.5 Å². The molecule has 0 aromatic heterocycles. The van der Waals surface area contributed by atoms with Gasteiger partial charge >= 0.3 is 0 Å². The van der Waals surface area contributed by atoms with Crippen LogP contribution in [0.2, 0.25) is 0 Å². The molecule has 2 aliphatic rings. The van der Waals surface area contributed by atoms with Crippen molar-refractivity contribution < 1.29 is 9.59 Å². The minimum Gasteiger partial charge on any atom is -0.294 e. The van der Waals surface area contributed by atoms with Gasteiger partial charge in [0.25, 0.3) is 0 Å². The molecule has 0 heterocycles. The van der Waals surface area contributed by atoms with E-state index in [4.69, 9.17) is 0 Å². The molecule has 0 aromatic carbocycles. The normalized spacial score (nSPS) is 35.5. The third kappa shape index (κ3) is 3.90. The minimum absolute atomic E-state index is 0.147. The summed E-state index contributed by atoms with van der Waals surface area (Å²) in [4.78, 5) is 25.6. The average Bonchev–Trinajstić information content (AvgIpc) is 2.48. The Balaban J connectivity index is 2.29. The van der Waals surface area contributed by atoms with E-state index in [0.29, 0.717) is 35.2 Å². The van der Waals surface area contributed by atoms with Crippen LogP contribution in [0.15, 0.2) is 23.3 Å². The molecule has 0 amide bonds. The first-order valence-corrected chi connectivity index (χ1v) is 9.74. The summed E-state index contributed by atoms with van der Waals surface area (Å²) in [7, 11) is 0. The van der Waals surface area contributed by atoms with Crippen molar-refractivity contribution in [2.75, 3.05) is 0 Å². The minimum atomic E-state index is 0.147. The first-order valence-electron chi connectivity index (χ1n) is 9.74. The van der Waals surface area contributed by atoms with Gasteiger partial charge in [-0.2, -0.15) is 0 Å². The van der Waals surface area contributed by atoms with Gasteiger partial charge in [-0.3, -0.25) is 9.59 Å². The van der Waals surface area contributed by atoms with Crippen LogP contribution in [0.4, 0.5) is 0 Å². The predicted molar refractivity (Wildman–Crippen MR) is 99.6 cm³/mol. The van der Waals surface area contributed by atoms with E-state index in [-0.39, 0.29) is 11.8 Å². The first-order chi connectivity index (χ1) is 11.2. The van der Waals surface area contributed by atoms with Gasteiger partial charge in [0.1, 0.15) is 0 Å². The van der Waals surface area contributed by atoms with E-state index in [1.165, 1.54) is 0 Å². The topological polar surface area (TPSA) is 34.1 Å². The van der Waals surface area contributed by atoms with Crippen molar-refractivity contribution >= 4 is 11.6 Å². The van der Waals surface area contributed by atoms with Crippen LogP contribution in [0.3, 0.4) is 0 Å². The maximum Gasteiger partial charge on any atom is 0.162 e. The Hall–Kier alpha value is -1.18. The molecule has 2 fully saturated rings. The lowest BCUT2D eigenvalue weighted by Crippen LogP contribution is -2.31. The second-order valence-electron chi connectivity index (χ2n) is 8.63. The summed E-state index contributed by atoms with van der Waals surface area (Å²) < 4.78 is 0. The van der Waals surface area contributed by atoms with E-state index in [2.05, 4.69) is 41.5 Å². The van der Waals surface area contributed by atoms with Crippen LogP contribution in [0.25, 0.3) is 0 Å². The van der Waals surface area contributed by atoms with Crippen LogP contribution in [0, 0.1) is 35.5 Å². The molecule has 2 aliphatic carbocycles. The average molecular weight is 331 g/mol. The quantitative estimate of drug-likeness (QED) is 0.651. The van der Waals surface area contributed by atoms with Crippen molar-refractivity contribution in [1.29, 1.82) is 0 Å². The number of hydrogen-bond acceptors (Lipinski definition) is 2. The van der Waals surface area contributed by atoms with Crippen molar-refractivity contribution in [3.63, 3.8) is 0 Å². The summed E-state index contributed by atoms with van der Waals surface area (Å²) in [5, 5.41) is 0. The van der Waals surface area contributed by atoms with Crippen LogP contribution in [-0.4, -0.2) is 11.6 Å².